The van der Waals surface area contributed by atoms with Gasteiger partial charge in [-0.2, -0.15) is 0 Å². The third-order valence-electron chi connectivity index (χ3n) is 4.37. The van der Waals surface area contributed by atoms with Gasteiger partial charge < -0.3 is 15.1 Å². The molecule has 3 amide bonds. The first-order valence-electron chi connectivity index (χ1n) is 8.31. The first-order valence-corrected chi connectivity index (χ1v) is 8.31. The highest BCUT2D eigenvalue weighted by molar-refractivity contribution is 5.96. The van der Waals surface area contributed by atoms with Crippen LogP contribution in [0.4, 0.5) is 10.5 Å². The quantitative estimate of drug-likeness (QED) is 0.925. The van der Waals surface area contributed by atoms with Crippen LogP contribution in [0.5, 0.6) is 0 Å². The van der Waals surface area contributed by atoms with Gasteiger partial charge in [0.2, 0.25) is 0 Å². The van der Waals surface area contributed by atoms with E-state index in [1.165, 1.54) is 37.0 Å². The van der Waals surface area contributed by atoms with Crippen LogP contribution in [0.1, 0.15) is 42.5 Å². The number of carbonyl (C=O) groups excluding carboxylic acids is 2. The molecular formula is C18H27N3O2. The van der Waals surface area contributed by atoms with Crippen molar-refractivity contribution in [2.24, 2.45) is 5.92 Å². The summed E-state index contributed by atoms with van der Waals surface area (Å²) in [6, 6.07) is 6.94. The lowest BCUT2D eigenvalue weighted by atomic mass is 9.89. The summed E-state index contributed by atoms with van der Waals surface area (Å²) in [7, 11) is 5.26. The van der Waals surface area contributed by atoms with Crippen molar-refractivity contribution in [3.8, 4) is 0 Å². The third-order valence-corrected chi connectivity index (χ3v) is 4.37. The predicted molar refractivity (Wildman–Crippen MR) is 92.7 cm³/mol. The summed E-state index contributed by atoms with van der Waals surface area (Å²) in [5.41, 5.74) is 1.22. The molecule has 0 aromatic heterocycles. The van der Waals surface area contributed by atoms with Crippen LogP contribution < -0.4 is 5.32 Å². The molecule has 126 valence electrons. The van der Waals surface area contributed by atoms with Gasteiger partial charge in [0.15, 0.2) is 0 Å². The molecule has 5 heteroatoms. The first kappa shape index (κ1) is 17.3. The fourth-order valence-electron chi connectivity index (χ4n) is 3.05. The van der Waals surface area contributed by atoms with E-state index in [0.29, 0.717) is 17.2 Å². The minimum atomic E-state index is -0.120. The Morgan fingerprint density at radius 1 is 1.13 bits per heavy atom. The summed E-state index contributed by atoms with van der Waals surface area (Å²) in [5, 5.41) is 2.88. The zero-order valence-electron chi connectivity index (χ0n) is 14.3. The molecule has 5 nitrogen and oxygen atoms in total. The Bertz CT molecular complexity index is 551. The summed E-state index contributed by atoms with van der Waals surface area (Å²) in [6.45, 7) is 0.794. The van der Waals surface area contributed by atoms with Gasteiger partial charge >= 0.3 is 6.03 Å². The molecule has 1 aliphatic carbocycles. The van der Waals surface area contributed by atoms with Crippen molar-refractivity contribution in [2.75, 3.05) is 33.0 Å². The molecule has 1 aliphatic rings. The van der Waals surface area contributed by atoms with Crippen LogP contribution in [0, 0.1) is 5.92 Å². The van der Waals surface area contributed by atoms with E-state index in [1.807, 2.05) is 7.05 Å². The molecule has 0 atom stereocenters. The molecule has 23 heavy (non-hydrogen) atoms. The summed E-state index contributed by atoms with van der Waals surface area (Å²) in [6.07, 6.45) is 6.29. The molecule has 2 rings (SSSR count). The predicted octanol–water partition coefficient (Wildman–Crippen LogP) is 3.43. The molecule has 0 unspecified atom stereocenters. The lowest BCUT2D eigenvalue weighted by Crippen LogP contribution is -2.35. The van der Waals surface area contributed by atoms with Gasteiger partial charge in [0, 0.05) is 38.9 Å². The number of hydrogen-bond acceptors (Lipinski definition) is 2. The molecule has 0 radical (unpaired) electrons. The molecular weight excluding hydrogens is 290 g/mol. The normalized spacial score (nSPS) is 15.1. The average Bonchev–Trinajstić information content (AvgIpc) is 2.55. The van der Waals surface area contributed by atoms with Crippen molar-refractivity contribution in [3.63, 3.8) is 0 Å². The summed E-state index contributed by atoms with van der Waals surface area (Å²) in [5.74, 6) is 0.540. The van der Waals surface area contributed by atoms with Crippen LogP contribution in [0.15, 0.2) is 24.3 Å². The number of hydrogen-bond donors (Lipinski definition) is 1. The van der Waals surface area contributed by atoms with Crippen molar-refractivity contribution in [1.29, 1.82) is 0 Å². The molecule has 1 fully saturated rings. The second kappa shape index (κ2) is 7.99. The Morgan fingerprint density at radius 3 is 2.48 bits per heavy atom. The van der Waals surface area contributed by atoms with E-state index in [-0.39, 0.29) is 11.9 Å². The average molecular weight is 317 g/mol. The van der Waals surface area contributed by atoms with Crippen molar-refractivity contribution in [3.05, 3.63) is 29.8 Å². The van der Waals surface area contributed by atoms with Crippen LogP contribution in [0.3, 0.4) is 0 Å². The standard InChI is InChI=1S/C18H27N3O2/c1-20(2)17(22)15-10-7-11-16(12-15)19-18(23)21(3)13-14-8-5-4-6-9-14/h7,10-12,14H,4-6,8-9,13H2,1-3H3,(H,19,23). The van der Waals surface area contributed by atoms with E-state index in [4.69, 9.17) is 0 Å². The maximum absolute atomic E-state index is 12.3. The number of anilines is 1. The summed E-state index contributed by atoms with van der Waals surface area (Å²) < 4.78 is 0. The molecule has 0 bridgehead atoms. The number of urea groups is 1. The van der Waals surface area contributed by atoms with E-state index in [9.17, 15) is 9.59 Å². The minimum absolute atomic E-state index is 0.0725. The number of benzene rings is 1. The Morgan fingerprint density at radius 2 is 1.83 bits per heavy atom. The highest BCUT2D eigenvalue weighted by Crippen LogP contribution is 2.24. The molecule has 0 heterocycles. The molecule has 1 saturated carbocycles. The fourth-order valence-corrected chi connectivity index (χ4v) is 3.05. The highest BCUT2D eigenvalue weighted by atomic mass is 16.2. The number of amides is 3. The molecule has 0 saturated heterocycles. The Kier molecular flexibility index (Phi) is 6.02. The van der Waals surface area contributed by atoms with Gasteiger partial charge in [0.05, 0.1) is 0 Å². The van der Waals surface area contributed by atoms with E-state index in [2.05, 4.69) is 5.32 Å². The highest BCUT2D eigenvalue weighted by Gasteiger charge is 2.18. The minimum Gasteiger partial charge on any atom is -0.345 e. The van der Waals surface area contributed by atoms with Crippen LogP contribution in [-0.4, -0.2) is 49.4 Å². The van der Waals surface area contributed by atoms with E-state index < -0.39 is 0 Å². The zero-order valence-corrected chi connectivity index (χ0v) is 14.3. The van der Waals surface area contributed by atoms with Crippen LogP contribution in [0.2, 0.25) is 0 Å². The van der Waals surface area contributed by atoms with Gasteiger partial charge in [-0.1, -0.05) is 25.3 Å². The second-order valence-electron chi connectivity index (χ2n) is 6.60. The number of carbonyl (C=O) groups is 2. The third kappa shape index (κ3) is 4.98. The zero-order chi connectivity index (χ0) is 16.8. The maximum Gasteiger partial charge on any atom is 0.321 e. The van der Waals surface area contributed by atoms with E-state index in [0.717, 1.165) is 6.54 Å². The van der Waals surface area contributed by atoms with Crippen molar-refractivity contribution in [2.45, 2.75) is 32.1 Å². The number of rotatable bonds is 4. The van der Waals surface area contributed by atoms with Gasteiger partial charge in [-0.05, 0) is 37.0 Å². The number of nitrogens with one attached hydrogen (secondary N) is 1. The SMILES string of the molecule is CN(C)C(=O)c1cccc(NC(=O)N(C)CC2CCCCC2)c1. The Hall–Kier alpha value is -2.04. The Labute approximate surface area is 138 Å². The summed E-state index contributed by atoms with van der Waals surface area (Å²) in [4.78, 5) is 27.6. The number of nitrogens with zero attached hydrogens (tertiary/aromatic N) is 2. The maximum atomic E-state index is 12.3. The van der Waals surface area contributed by atoms with Crippen molar-refractivity contribution >= 4 is 17.6 Å². The molecule has 0 spiro atoms. The van der Waals surface area contributed by atoms with Gasteiger partial charge in [-0.3, -0.25) is 4.79 Å². The van der Waals surface area contributed by atoms with Crippen molar-refractivity contribution < 1.29 is 9.59 Å². The summed E-state index contributed by atoms with van der Waals surface area (Å²) >= 11 is 0. The Balaban J connectivity index is 1.93. The van der Waals surface area contributed by atoms with Crippen LogP contribution in [0.25, 0.3) is 0 Å². The van der Waals surface area contributed by atoms with Gasteiger partial charge in [0.25, 0.3) is 5.91 Å². The second-order valence-corrected chi connectivity index (χ2v) is 6.60. The topological polar surface area (TPSA) is 52.7 Å². The molecule has 1 N–H and O–H groups in total. The van der Waals surface area contributed by atoms with E-state index in [1.54, 1.807) is 43.3 Å². The van der Waals surface area contributed by atoms with Crippen molar-refractivity contribution in [1.82, 2.24) is 9.80 Å². The van der Waals surface area contributed by atoms with Crippen LogP contribution >= 0.6 is 0 Å². The first-order chi connectivity index (χ1) is 11.0. The molecule has 1 aromatic rings. The fraction of sp³-hybridized carbons (Fsp3) is 0.556. The lowest BCUT2D eigenvalue weighted by Gasteiger charge is -2.27. The largest absolute Gasteiger partial charge is 0.345 e. The smallest absolute Gasteiger partial charge is 0.321 e. The van der Waals surface area contributed by atoms with Gasteiger partial charge in [-0.25, -0.2) is 4.79 Å². The van der Waals surface area contributed by atoms with Gasteiger partial charge in [-0.15, -0.1) is 0 Å². The van der Waals surface area contributed by atoms with Crippen LogP contribution in [-0.2, 0) is 0 Å². The monoisotopic (exact) mass is 317 g/mol. The molecule has 0 aliphatic heterocycles. The van der Waals surface area contributed by atoms with Gasteiger partial charge in [0.1, 0.15) is 0 Å². The molecule has 1 aromatic carbocycles. The lowest BCUT2D eigenvalue weighted by molar-refractivity contribution is 0.0827. The van der Waals surface area contributed by atoms with E-state index >= 15 is 0 Å².